The van der Waals surface area contributed by atoms with Crippen LogP contribution in [0.15, 0.2) is 66.7 Å². The second-order valence-corrected chi connectivity index (χ2v) is 6.28. The van der Waals surface area contributed by atoms with Crippen molar-refractivity contribution in [2.24, 2.45) is 0 Å². The Bertz CT molecular complexity index is 1050. The van der Waals surface area contributed by atoms with Crippen molar-refractivity contribution in [2.45, 2.75) is 0 Å². The van der Waals surface area contributed by atoms with Crippen molar-refractivity contribution in [3.63, 3.8) is 0 Å². The van der Waals surface area contributed by atoms with Gasteiger partial charge in [-0.1, -0.05) is 6.07 Å². The minimum Gasteiger partial charge on any atom is -0.497 e. The fraction of sp³-hybridized carbons (Fsp3) is 0.130. The molecule has 0 atom stereocenters. The largest absolute Gasteiger partial charge is 0.497 e. The van der Waals surface area contributed by atoms with Gasteiger partial charge in [-0.3, -0.25) is 9.59 Å². The molecule has 30 heavy (non-hydrogen) atoms. The minimum absolute atomic E-state index is 0.300. The number of hydrogen-bond donors (Lipinski definition) is 2. The first kappa shape index (κ1) is 20.7. The van der Waals surface area contributed by atoms with Crippen LogP contribution in [0, 0.1) is 0 Å². The molecule has 0 aliphatic carbocycles. The topological polar surface area (TPSA) is 85.9 Å². The lowest BCUT2D eigenvalue weighted by Crippen LogP contribution is -2.14. The van der Waals surface area contributed by atoms with Gasteiger partial charge in [-0.05, 0) is 60.7 Å². The first-order valence-electron chi connectivity index (χ1n) is 9.13. The van der Waals surface area contributed by atoms with Crippen LogP contribution in [0.25, 0.3) is 0 Å². The molecule has 0 spiro atoms. The highest BCUT2D eigenvalue weighted by Crippen LogP contribution is 2.29. The highest BCUT2D eigenvalue weighted by molar-refractivity contribution is 6.07. The monoisotopic (exact) mass is 406 g/mol. The quantitative estimate of drug-likeness (QED) is 0.614. The first-order chi connectivity index (χ1) is 14.5. The zero-order valence-electron chi connectivity index (χ0n) is 16.9. The van der Waals surface area contributed by atoms with Crippen LogP contribution in [0.2, 0.25) is 0 Å². The van der Waals surface area contributed by atoms with E-state index in [1.54, 1.807) is 73.8 Å². The molecule has 0 bridgehead atoms. The van der Waals surface area contributed by atoms with Gasteiger partial charge >= 0.3 is 0 Å². The van der Waals surface area contributed by atoms with E-state index >= 15 is 0 Å². The van der Waals surface area contributed by atoms with E-state index in [1.165, 1.54) is 14.2 Å². The summed E-state index contributed by atoms with van der Waals surface area (Å²) in [5.41, 5.74) is 1.85. The van der Waals surface area contributed by atoms with Gasteiger partial charge in [-0.2, -0.15) is 0 Å². The number of hydrogen-bond acceptors (Lipinski definition) is 5. The van der Waals surface area contributed by atoms with Crippen molar-refractivity contribution < 1.29 is 23.8 Å². The van der Waals surface area contributed by atoms with Gasteiger partial charge in [-0.25, -0.2) is 0 Å². The number of anilines is 2. The molecule has 0 heterocycles. The van der Waals surface area contributed by atoms with Crippen molar-refractivity contribution in [3.05, 3.63) is 77.9 Å². The van der Waals surface area contributed by atoms with E-state index in [0.717, 1.165) is 0 Å². The predicted octanol–water partition coefficient (Wildman–Crippen LogP) is 4.22. The molecule has 154 valence electrons. The highest BCUT2D eigenvalue weighted by Gasteiger charge is 2.13. The summed E-state index contributed by atoms with van der Waals surface area (Å²) in [6, 6.07) is 18.6. The molecule has 7 heteroatoms. The molecule has 2 N–H and O–H groups in total. The van der Waals surface area contributed by atoms with Crippen molar-refractivity contribution >= 4 is 23.2 Å². The van der Waals surface area contributed by atoms with Gasteiger partial charge in [0, 0.05) is 16.8 Å². The Morgan fingerprint density at radius 3 is 2.03 bits per heavy atom. The van der Waals surface area contributed by atoms with Crippen molar-refractivity contribution in [2.75, 3.05) is 32.0 Å². The van der Waals surface area contributed by atoms with Crippen molar-refractivity contribution in [1.82, 2.24) is 0 Å². The third-order valence-corrected chi connectivity index (χ3v) is 4.39. The van der Waals surface area contributed by atoms with Gasteiger partial charge in [0.1, 0.15) is 17.2 Å². The van der Waals surface area contributed by atoms with Gasteiger partial charge in [0.2, 0.25) is 0 Å². The van der Waals surface area contributed by atoms with Gasteiger partial charge in [-0.15, -0.1) is 0 Å². The van der Waals surface area contributed by atoms with Crippen LogP contribution in [-0.4, -0.2) is 33.1 Å². The number of carbonyl (C=O) groups is 2. The molecule has 0 aromatic heterocycles. The molecule has 0 saturated heterocycles. The Hall–Kier alpha value is -4.00. The smallest absolute Gasteiger partial charge is 0.255 e. The van der Waals surface area contributed by atoms with Crippen molar-refractivity contribution in [1.29, 1.82) is 0 Å². The third kappa shape index (κ3) is 4.88. The van der Waals surface area contributed by atoms with Crippen LogP contribution in [-0.2, 0) is 0 Å². The summed E-state index contributed by atoms with van der Waals surface area (Å²) >= 11 is 0. The Morgan fingerprint density at radius 1 is 0.667 bits per heavy atom. The van der Waals surface area contributed by atoms with Gasteiger partial charge in [0.05, 0.1) is 27.0 Å². The van der Waals surface area contributed by atoms with Crippen LogP contribution in [0.4, 0.5) is 11.4 Å². The maximum absolute atomic E-state index is 12.6. The SMILES string of the molecule is COc1ccc(C(=O)Nc2cc(NC(=O)c3cccc(OC)c3)ccc2OC)cc1. The van der Waals surface area contributed by atoms with E-state index in [-0.39, 0.29) is 11.8 Å². The van der Waals surface area contributed by atoms with Crippen LogP contribution in [0.1, 0.15) is 20.7 Å². The third-order valence-electron chi connectivity index (χ3n) is 4.39. The van der Waals surface area contributed by atoms with E-state index in [2.05, 4.69) is 10.6 Å². The molecule has 0 aliphatic heterocycles. The Morgan fingerprint density at radius 2 is 1.37 bits per heavy atom. The molecule has 3 aromatic carbocycles. The summed E-state index contributed by atoms with van der Waals surface area (Å²) in [6.07, 6.45) is 0. The van der Waals surface area contributed by atoms with E-state index in [9.17, 15) is 9.59 Å². The average molecular weight is 406 g/mol. The molecule has 0 saturated carbocycles. The number of methoxy groups -OCH3 is 3. The summed E-state index contributed by atoms with van der Waals surface area (Å²) in [4.78, 5) is 25.2. The molecule has 0 aliphatic rings. The lowest BCUT2D eigenvalue weighted by molar-refractivity contribution is 0.101. The molecular weight excluding hydrogens is 384 g/mol. The maximum atomic E-state index is 12.6. The Labute approximate surface area is 174 Å². The van der Waals surface area contributed by atoms with Crippen LogP contribution in [0.5, 0.6) is 17.2 Å². The normalized spacial score (nSPS) is 10.1. The van der Waals surface area contributed by atoms with E-state index in [4.69, 9.17) is 14.2 Å². The van der Waals surface area contributed by atoms with Crippen molar-refractivity contribution in [3.8, 4) is 17.2 Å². The number of benzene rings is 3. The summed E-state index contributed by atoms with van der Waals surface area (Å²) in [7, 11) is 4.61. The van der Waals surface area contributed by atoms with E-state index in [1.807, 2.05) is 0 Å². The predicted molar refractivity (Wildman–Crippen MR) is 115 cm³/mol. The Kier molecular flexibility index (Phi) is 6.54. The summed E-state index contributed by atoms with van der Waals surface area (Å²) in [5.74, 6) is 1.10. The lowest BCUT2D eigenvalue weighted by Gasteiger charge is -2.13. The standard InChI is InChI=1S/C23H22N2O5/c1-28-18-10-7-15(8-11-18)22(26)25-20-14-17(9-12-21(20)30-3)24-23(27)16-5-4-6-19(13-16)29-2/h4-14H,1-3H3,(H,24,27)(H,25,26). The Balaban J connectivity index is 1.78. The van der Waals surface area contributed by atoms with Gasteiger partial charge < -0.3 is 24.8 Å². The maximum Gasteiger partial charge on any atom is 0.255 e. The molecule has 2 amide bonds. The van der Waals surface area contributed by atoms with Gasteiger partial charge in [0.15, 0.2) is 0 Å². The molecule has 3 rings (SSSR count). The summed E-state index contributed by atoms with van der Waals surface area (Å²) < 4.78 is 15.6. The highest BCUT2D eigenvalue weighted by atomic mass is 16.5. The molecule has 0 unspecified atom stereocenters. The molecular formula is C23H22N2O5. The van der Waals surface area contributed by atoms with E-state index < -0.39 is 0 Å². The molecule has 7 nitrogen and oxygen atoms in total. The number of nitrogens with one attached hydrogen (secondary N) is 2. The van der Waals surface area contributed by atoms with Crippen LogP contribution in [0.3, 0.4) is 0 Å². The lowest BCUT2D eigenvalue weighted by atomic mass is 10.1. The first-order valence-corrected chi connectivity index (χ1v) is 9.13. The molecule has 0 radical (unpaired) electrons. The van der Waals surface area contributed by atoms with Crippen LogP contribution >= 0.6 is 0 Å². The second kappa shape index (κ2) is 9.47. The number of ether oxygens (including phenoxy) is 3. The summed E-state index contributed by atoms with van der Waals surface area (Å²) in [5, 5.41) is 5.62. The van der Waals surface area contributed by atoms with E-state index in [0.29, 0.717) is 39.8 Å². The van der Waals surface area contributed by atoms with Crippen LogP contribution < -0.4 is 24.8 Å². The average Bonchev–Trinajstić information content (AvgIpc) is 2.79. The fourth-order valence-electron chi connectivity index (χ4n) is 2.79. The second-order valence-electron chi connectivity index (χ2n) is 6.28. The molecule has 0 fully saturated rings. The summed E-state index contributed by atoms with van der Waals surface area (Å²) in [6.45, 7) is 0. The van der Waals surface area contributed by atoms with Gasteiger partial charge in [0.25, 0.3) is 11.8 Å². The zero-order valence-corrected chi connectivity index (χ0v) is 16.9. The minimum atomic E-state index is -0.313. The zero-order chi connectivity index (χ0) is 21.5. The number of amides is 2. The number of rotatable bonds is 7. The fourth-order valence-corrected chi connectivity index (χ4v) is 2.79. The molecule has 3 aromatic rings. The number of carbonyl (C=O) groups excluding carboxylic acids is 2.